The summed E-state index contributed by atoms with van der Waals surface area (Å²) >= 11 is 0. The molecule has 0 bridgehead atoms. The minimum atomic E-state index is -0.308. The number of hydrogen-bond acceptors (Lipinski definition) is 7. The van der Waals surface area contributed by atoms with Gasteiger partial charge in [-0.1, -0.05) is 6.07 Å². The van der Waals surface area contributed by atoms with Crippen molar-refractivity contribution in [1.29, 1.82) is 0 Å². The highest BCUT2D eigenvalue weighted by Gasteiger charge is 2.22. The fraction of sp³-hybridized carbons (Fsp3) is 0.308. The summed E-state index contributed by atoms with van der Waals surface area (Å²) in [5, 5.41) is 8.18. The van der Waals surface area contributed by atoms with Crippen LogP contribution in [0.4, 0.5) is 5.82 Å². The SMILES string of the molecule is CNc1ccc(-c2nc(=O)n(CC[C@H]3CCCO3)c3c2oc2ccc(-c4cnn(C)c4)cc23)cn1. The minimum absolute atomic E-state index is 0.166. The van der Waals surface area contributed by atoms with Gasteiger partial charge in [0, 0.05) is 56.2 Å². The van der Waals surface area contributed by atoms with Crippen molar-refractivity contribution in [2.45, 2.75) is 31.9 Å². The van der Waals surface area contributed by atoms with E-state index in [1.54, 1.807) is 15.4 Å². The topological polar surface area (TPSA) is 100 Å². The highest BCUT2D eigenvalue weighted by atomic mass is 16.5. The summed E-state index contributed by atoms with van der Waals surface area (Å²) in [7, 11) is 3.70. The number of aromatic nitrogens is 5. The van der Waals surface area contributed by atoms with Crippen LogP contribution in [0.1, 0.15) is 19.3 Å². The lowest BCUT2D eigenvalue weighted by Crippen LogP contribution is -2.25. The maximum absolute atomic E-state index is 13.4. The highest BCUT2D eigenvalue weighted by Crippen LogP contribution is 2.36. The molecule has 1 saturated heterocycles. The molecule has 5 heterocycles. The molecule has 0 spiro atoms. The molecule has 1 aliphatic heterocycles. The average molecular weight is 471 g/mol. The Morgan fingerprint density at radius 1 is 1.14 bits per heavy atom. The number of rotatable bonds is 6. The number of furan rings is 1. The fourth-order valence-electron chi connectivity index (χ4n) is 4.80. The van der Waals surface area contributed by atoms with Crippen molar-refractivity contribution in [1.82, 2.24) is 24.3 Å². The Morgan fingerprint density at radius 2 is 2.03 bits per heavy atom. The van der Waals surface area contributed by atoms with E-state index >= 15 is 0 Å². The monoisotopic (exact) mass is 470 g/mol. The third kappa shape index (κ3) is 3.87. The smallest absolute Gasteiger partial charge is 0.348 e. The molecular weight excluding hydrogens is 444 g/mol. The summed E-state index contributed by atoms with van der Waals surface area (Å²) in [4.78, 5) is 22.2. The molecule has 1 fully saturated rings. The Hall–Kier alpha value is -3.98. The summed E-state index contributed by atoms with van der Waals surface area (Å²) in [5.74, 6) is 0.737. The summed E-state index contributed by atoms with van der Waals surface area (Å²) in [6.07, 6.45) is 8.50. The molecule has 1 N–H and O–H groups in total. The van der Waals surface area contributed by atoms with E-state index in [1.807, 2.05) is 50.8 Å². The normalized spacial score (nSPS) is 15.9. The van der Waals surface area contributed by atoms with Gasteiger partial charge < -0.3 is 14.5 Å². The van der Waals surface area contributed by atoms with E-state index in [4.69, 9.17) is 9.15 Å². The number of ether oxygens (including phenoxy) is 1. The van der Waals surface area contributed by atoms with Crippen LogP contribution in [0.25, 0.3) is 44.5 Å². The van der Waals surface area contributed by atoms with Crippen molar-refractivity contribution in [3.8, 4) is 22.4 Å². The Labute approximate surface area is 201 Å². The summed E-state index contributed by atoms with van der Waals surface area (Å²) in [6.45, 7) is 1.29. The lowest BCUT2D eigenvalue weighted by molar-refractivity contribution is 0.100. The summed E-state index contributed by atoms with van der Waals surface area (Å²) in [6, 6.07) is 9.76. The third-order valence-corrected chi connectivity index (χ3v) is 6.62. The van der Waals surface area contributed by atoms with Crippen molar-refractivity contribution < 1.29 is 9.15 Å². The second-order valence-corrected chi connectivity index (χ2v) is 8.89. The zero-order chi connectivity index (χ0) is 23.9. The number of hydrogen-bond donors (Lipinski definition) is 1. The quantitative estimate of drug-likeness (QED) is 0.397. The van der Waals surface area contributed by atoms with Gasteiger partial charge in [-0.25, -0.2) is 9.78 Å². The molecule has 1 aromatic carbocycles. The summed E-state index contributed by atoms with van der Waals surface area (Å²) in [5.41, 5.74) is 4.94. The van der Waals surface area contributed by atoms with Crippen LogP contribution >= 0.6 is 0 Å². The van der Waals surface area contributed by atoms with Gasteiger partial charge in [0.05, 0.1) is 12.3 Å². The second-order valence-electron chi connectivity index (χ2n) is 8.89. The standard InChI is InChI=1S/C26H26N6O3/c1-27-22-8-6-17(13-28-22)23-25-24(32(26(33)30-23)10-9-19-4-3-11-34-19)20-12-16(5-7-21(20)35-25)18-14-29-31(2)15-18/h5-8,12-15,19H,3-4,9-11H2,1-2H3,(H,27,28)/t19-/m1/s1. The van der Waals surface area contributed by atoms with Crippen LogP contribution < -0.4 is 11.0 Å². The molecule has 35 heavy (non-hydrogen) atoms. The van der Waals surface area contributed by atoms with E-state index in [1.165, 1.54) is 0 Å². The highest BCUT2D eigenvalue weighted by molar-refractivity contribution is 6.07. The zero-order valence-corrected chi connectivity index (χ0v) is 19.7. The predicted octanol–water partition coefficient (Wildman–Crippen LogP) is 4.22. The van der Waals surface area contributed by atoms with Crippen molar-refractivity contribution in [2.75, 3.05) is 19.0 Å². The molecule has 4 aromatic heterocycles. The first-order valence-corrected chi connectivity index (χ1v) is 11.8. The first kappa shape index (κ1) is 21.5. The van der Waals surface area contributed by atoms with E-state index in [2.05, 4.69) is 26.4 Å². The lowest BCUT2D eigenvalue weighted by atomic mass is 10.1. The van der Waals surface area contributed by atoms with Gasteiger partial charge in [-0.15, -0.1) is 0 Å². The van der Waals surface area contributed by atoms with Crippen LogP contribution in [0.5, 0.6) is 0 Å². The molecule has 1 atom stereocenters. The first-order valence-electron chi connectivity index (χ1n) is 11.8. The first-order chi connectivity index (χ1) is 17.1. The number of anilines is 1. The number of benzene rings is 1. The maximum Gasteiger partial charge on any atom is 0.348 e. The molecule has 0 saturated carbocycles. The van der Waals surface area contributed by atoms with Gasteiger partial charge >= 0.3 is 5.69 Å². The Bertz CT molecular complexity index is 1580. The molecule has 5 aromatic rings. The van der Waals surface area contributed by atoms with Gasteiger partial charge in [-0.05, 0) is 49.1 Å². The van der Waals surface area contributed by atoms with Crippen molar-refractivity contribution >= 4 is 27.9 Å². The van der Waals surface area contributed by atoms with Crippen molar-refractivity contribution in [2.24, 2.45) is 7.05 Å². The molecule has 0 radical (unpaired) electrons. The molecule has 6 rings (SSSR count). The largest absolute Gasteiger partial charge is 0.452 e. The van der Waals surface area contributed by atoms with Gasteiger partial charge in [0.15, 0.2) is 5.58 Å². The van der Waals surface area contributed by atoms with E-state index < -0.39 is 0 Å². The molecule has 178 valence electrons. The van der Waals surface area contributed by atoms with Gasteiger partial charge in [-0.3, -0.25) is 9.25 Å². The number of fused-ring (bicyclic) bond motifs is 3. The molecule has 9 heteroatoms. The Balaban J connectivity index is 1.56. The van der Waals surface area contributed by atoms with Crippen LogP contribution in [0.2, 0.25) is 0 Å². The van der Waals surface area contributed by atoms with Crippen LogP contribution in [0, 0.1) is 0 Å². The number of pyridine rings is 1. The second kappa shape index (κ2) is 8.66. The summed E-state index contributed by atoms with van der Waals surface area (Å²) < 4.78 is 15.7. The Morgan fingerprint density at radius 3 is 2.74 bits per heavy atom. The van der Waals surface area contributed by atoms with E-state index in [0.717, 1.165) is 59.3 Å². The molecule has 0 unspecified atom stereocenters. The zero-order valence-electron chi connectivity index (χ0n) is 19.7. The van der Waals surface area contributed by atoms with Crippen molar-refractivity contribution in [3.63, 3.8) is 0 Å². The van der Waals surface area contributed by atoms with Crippen LogP contribution in [-0.4, -0.2) is 44.1 Å². The number of nitrogens with one attached hydrogen (secondary N) is 1. The van der Waals surface area contributed by atoms with Crippen LogP contribution in [0.15, 0.2) is 58.1 Å². The maximum atomic E-state index is 13.4. The molecular formula is C26H26N6O3. The van der Waals surface area contributed by atoms with E-state index in [9.17, 15) is 4.79 Å². The average Bonchev–Trinajstić information content (AvgIpc) is 3.63. The van der Waals surface area contributed by atoms with Crippen molar-refractivity contribution in [3.05, 3.63) is 59.4 Å². The predicted molar refractivity (Wildman–Crippen MR) is 134 cm³/mol. The van der Waals surface area contributed by atoms with E-state index in [-0.39, 0.29) is 11.8 Å². The Kier molecular flexibility index (Phi) is 5.33. The lowest BCUT2D eigenvalue weighted by Gasteiger charge is -2.13. The molecule has 1 aliphatic rings. The van der Waals surface area contributed by atoms with E-state index in [0.29, 0.717) is 23.4 Å². The van der Waals surface area contributed by atoms with Gasteiger partial charge in [-0.2, -0.15) is 10.1 Å². The third-order valence-electron chi connectivity index (χ3n) is 6.62. The fourth-order valence-corrected chi connectivity index (χ4v) is 4.80. The van der Waals surface area contributed by atoms with Gasteiger partial charge in [0.2, 0.25) is 0 Å². The molecule has 0 aliphatic carbocycles. The van der Waals surface area contributed by atoms with Gasteiger partial charge in [0.1, 0.15) is 22.6 Å². The number of aryl methyl sites for hydroxylation is 2. The minimum Gasteiger partial charge on any atom is -0.452 e. The van der Waals surface area contributed by atoms with Crippen LogP contribution in [0.3, 0.4) is 0 Å². The molecule has 9 nitrogen and oxygen atoms in total. The molecule has 0 amide bonds. The number of nitrogens with zero attached hydrogens (tertiary/aromatic N) is 5. The van der Waals surface area contributed by atoms with Crippen LogP contribution in [-0.2, 0) is 18.3 Å². The van der Waals surface area contributed by atoms with Gasteiger partial charge in [0.25, 0.3) is 0 Å².